The molecule has 0 bridgehead atoms. The van der Waals surface area contributed by atoms with Gasteiger partial charge in [-0.05, 0) is 31.0 Å². The Morgan fingerprint density at radius 2 is 1.72 bits per heavy atom. The smallest absolute Gasteiger partial charge is 0.131 e. The number of nitrogens with two attached hydrogens (primary N) is 1. The van der Waals surface area contributed by atoms with Gasteiger partial charge in [0.15, 0.2) is 0 Å². The highest BCUT2D eigenvalue weighted by Gasteiger charge is 2.06. The highest BCUT2D eigenvalue weighted by Crippen LogP contribution is 2.28. The molecule has 0 fully saturated rings. The molecule has 2 N–H and O–H groups in total. The molecular formula is C16H19NO. The molecule has 0 atom stereocenters. The molecule has 2 rings (SSSR count). The molecule has 0 unspecified atom stereocenters. The lowest BCUT2D eigenvalue weighted by molar-refractivity contribution is 0.470. The van der Waals surface area contributed by atoms with E-state index < -0.39 is 0 Å². The number of benzene rings is 2. The average Bonchev–Trinajstić information content (AvgIpc) is 2.41. The highest BCUT2D eigenvalue weighted by molar-refractivity contribution is 5.42. The molecule has 0 spiro atoms. The summed E-state index contributed by atoms with van der Waals surface area (Å²) in [5, 5.41) is 0. The quantitative estimate of drug-likeness (QED) is 0.883. The maximum absolute atomic E-state index is 6.00. The van der Waals surface area contributed by atoms with E-state index in [0.29, 0.717) is 6.54 Å². The summed E-state index contributed by atoms with van der Waals surface area (Å²) in [6.07, 6.45) is 0.958. The van der Waals surface area contributed by atoms with Gasteiger partial charge >= 0.3 is 0 Å². The van der Waals surface area contributed by atoms with E-state index in [0.717, 1.165) is 23.5 Å². The number of rotatable bonds is 4. The van der Waals surface area contributed by atoms with Crippen molar-refractivity contribution in [3.8, 4) is 11.5 Å². The van der Waals surface area contributed by atoms with Gasteiger partial charge in [0, 0.05) is 12.1 Å². The normalized spacial score (nSPS) is 10.4. The number of ether oxygens (including phenoxy) is 1. The van der Waals surface area contributed by atoms with Crippen molar-refractivity contribution in [2.75, 3.05) is 0 Å². The van der Waals surface area contributed by atoms with Crippen LogP contribution in [-0.4, -0.2) is 0 Å². The van der Waals surface area contributed by atoms with Crippen LogP contribution in [0.2, 0.25) is 0 Å². The first-order valence-corrected chi connectivity index (χ1v) is 6.30. The van der Waals surface area contributed by atoms with Crippen molar-refractivity contribution in [3.05, 3.63) is 59.2 Å². The van der Waals surface area contributed by atoms with Gasteiger partial charge in [0.05, 0.1) is 0 Å². The fraction of sp³-hybridized carbons (Fsp3) is 0.250. The van der Waals surface area contributed by atoms with Gasteiger partial charge in [-0.15, -0.1) is 0 Å². The van der Waals surface area contributed by atoms with Crippen LogP contribution in [0.1, 0.15) is 23.6 Å². The van der Waals surface area contributed by atoms with Crippen molar-refractivity contribution >= 4 is 0 Å². The Bertz CT molecular complexity index is 534. The van der Waals surface area contributed by atoms with Crippen LogP contribution in [-0.2, 0) is 13.0 Å². The monoisotopic (exact) mass is 241 g/mol. The second-order valence-corrected chi connectivity index (χ2v) is 4.38. The molecule has 0 radical (unpaired) electrons. The maximum Gasteiger partial charge on any atom is 0.131 e. The molecule has 2 aromatic carbocycles. The molecule has 0 heterocycles. The summed E-state index contributed by atoms with van der Waals surface area (Å²) in [5.41, 5.74) is 9.22. The van der Waals surface area contributed by atoms with Crippen LogP contribution >= 0.6 is 0 Å². The van der Waals surface area contributed by atoms with Crippen molar-refractivity contribution in [3.63, 3.8) is 0 Å². The topological polar surface area (TPSA) is 35.2 Å². The van der Waals surface area contributed by atoms with Crippen LogP contribution in [0, 0.1) is 6.92 Å². The second-order valence-electron chi connectivity index (χ2n) is 4.38. The summed E-state index contributed by atoms with van der Waals surface area (Å²) in [5.74, 6) is 1.77. The molecular weight excluding hydrogens is 222 g/mol. The number of para-hydroxylation sites is 1. The van der Waals surface area contributed by atoms with Crippen LogP contribution in [0.3, 0.4) is 0 Å². The summed E-state index contributed by atoms with van der Waals surface area (Å²) in [4.78, 5) is 0. The minimum atomic E-state index is 0.491. The first-order chi connectivity index (χ1) is 8.74. The Morgan fingerprint density at radius 1 is 1.00 bits per heavy atom. The summed E-state index contributed by atoms with van der Waals surface area (Å²) in [6.45, 7) is 4.68. The molecule has 2 heteroatoms. The lowest BCUT2D eigenvalue weighted by atomic mass is 10.1. The second kappa shape index (κ2) is 5.69. The Hall–Kier alpha value is -1.80. The molecule has 0 aliphatic rings. The standard InChI is InChI=1S/C16H19NO/c1-3-13-6-4-5-7-15(13)18-16-9-8-12(2)10-14(16)11-17/h4-10H,3,11,17H2,1-2H3. The summed E-state index contributed by atoms with van der Waals surface area (Å²) in [6, 6.07) is 14.2. The van der Waals surface area contributed by atoms with Crippen molar-refractivity contribution in [2.45, 2.75) is 26.8 Å². The summed E-state index contributed by atoms with van der Waals surface area (Å²) < 4.78 is 6.00. The maximum atomic E-state index is 6.00. The Labute approximate surface area is 108 Å². The van der Waals surface area contributed by atoms with Crippen molar-refractivity contribution in [1.82, 2.24) is 0 Å². The van der Waals surface area contributed by atoms with Crippen LogP contribution in [0.15, 0.2) is 42.5 Å². The third kappa shape index (κ3) is 2.71. The zero-order valence-corrected chi connectivity index (χ0v) is 10.9. The molecule has 0 saturated heterocycles. The van der Waals surface area contributed by atoms with Crippen molar-refractivity contribution in [1.29, 1.82) is 0 Å². The summed E-state index contributed by atoms with van der Waals surface area (Å²) >= 11 is 0. The minimum Gasteiger partial charge on any atom is -0.457 e. The number of hydrogen-bond acceptors (Lipinski definition) is 2. The molecule has 0 aliphatic carbocycles. The van der Waals surface area contributed by atoms with E-state index in [2.05, 4.69) is 26.0 Å². The SMILES string of the molecule is CCc1ccccc1Oc1ccc(C)cc1CN. The van der Waals surface area contributed by atoms with Gasteiger partial charge in [0.2, 0.25) is 0 Å². The largest absolute Gasteiger partial charge is 0.457 e. The van der Waals surface area contributed by atoms with Gasteiger partial charge in [-0.1, -0.05) is 42.8 Å². The third-order valence-electron chi connectivity index (χ3n) is 3.01. The van der Waals surface area contributed by atoms with E-state index in [1.165, 1.54) is 11.1 Å². The predicted molar refractivity (Wildman–Crippen MR) is 75.0 cm³/mol. The van der Waals surface area contributed by atoms with E-state index in [1.54, 1.807) is 0 Å². The molecule has 2 nitrogen and oxygen atoms in total. The first kappa shape index (κ1) is 12.7. The van der Waals surface area contributed by atoms with E-state index >= 15 is 0 Å². The Kier molecular flexibility index (Phi) is 4.00. The van der Waals surface area contributed by atoms with Gasteiger partial charge in [0.25, 0.3) is 0 Å². The van der Waals surface area contributed by atoms with Crippen LogP contribution < -0.4 is 10.5 Å². The van der Waals surface area contributed by atoms with Gasteiger partial charge in [-0.2, -0.15) is 0 Å². The number of aryl methyl sites for hydroxylation is 2. The minimum absolute atomic E-state index is 0.491. The summed E-state index contributed by atoms with van der Waals surface area (Å²) in [7, 11) is 0. The van der Waals surface area contributed by atoms with E-state index in [1.807, 2.05) is 30.3 Å². The van der Waals surface area contributed by atoms with E-state index in [4.69, 9.17) is 10.5 Å². The van der Waals surface area contributed by atoms with Crippen molar-refractivity contribution in [2.24, 2.45) is 5.73 Å². The van der Waals surface area contributed by atoms with Crippen LogP contribution in [0.5, 0.6) is 11.5 Å². The van der Waals surface area contributed by atoms with Gasteiger partial charge in [-0.3, -0.25) is 0 Å². The fourth-order valence-electron chi connectivity index (χ4n) is 1.98. The fourth-order valence-corrected chi connectivity index (χ4v) is 1.98. The molecule has 0 aromatic heterocycles. The number of hydrogen-bond donors (Lipinski definition) is 1. The molecule has 0 amide bonds. The third-order valence-corrected chi connectivity index (χ3v) is 3.01. The highest BCUT2D eigenvalue weighted by atomic mass is 16.5. The van der Waals surface area contributed by atoms with Crippen molar-refractivity contribution < 1.29 is 4.74 Å². The lowest BCUT2D eigenvalue weighted by Crippen LogP contribution is -2.00. The van der Waals surface area contributed by atoms with E-state index in [-0.39, 0.29) is 0 Å². The Morgan fingerprint density at radius 3 is 2.44 bits per heavy atom. The van der Waals surface area contributed by atoms with Gasteiger partial charge in [-0.25, -0.2) is 0 Å². The van der Waals surface area contributed by atoms with Gasteiger partial charge < -0.3 is 10.5 Å². The zero-order chi connectivity index (χ0) is 13.0. The van der Waals surface area contributed by atoms with Crippen LogP contribution in [0.4, 0.5) is 0 Å². The predicted octanol–water partition coefficient (Wildman–Crippen LogP) is 3.81. The van der Waals surface area contributed by atoms with Gasteiger partial charge in [0.1, 0.15) is 11.5 Å². The molecule has 2 aromatic rings. The molecule has 18 heavy (non-hydrogen) atoms. The first-order valence-electron chi connectivity index (χ1n) is 6.30. The lowest BCUT2D eigenvalue weighted by Gasteiger charge is -2.13. The molecule has 0 aliphatic heterocycles. The Balaban J connectivity index is 2.33. The molecule has 0 saturated carbocycles. The molecule has 94 valence electrons. The van der Waals surface area contributed by atoms with E-state index in [9.17, 15) is 0 Å². The zero-order valence-electron chi connectivity index (χ0n) is 10.9. The van der Waals surface area contributed by atoms with Crippen LogP contribution in [0.25, 0.3) is 0 Å². The average molecular weight is 241 g/mol.